The maximum Gasteiger partial charge on any atom is 0.128 e. The number of aromatic nitrogens is 2. The number of aryl methyl sites for hydroxylation is 1. The van der Waals surface area contributed by atoms with E-state index in [1.807, 2.05) is 11.6 Å². The van der Waals surface area contributed by atoms with E-state index >= 15 is 0 Å². The summed E-state index contributed by atoms with van der Waals surface area (Å²) in [6.45, 7) is 0.822. The van der Waals surface area contributed by atoms with Crippen LogP contribution in [0.15, 0.2) is 30.5 Å². The smallest absolute Gasteiger partial charge is 0.128 e. The molecule has 1 unspecified atom stereocenters. The van der Waals surface area contributed by atoms with Crippen LogP contribution in [0.5, 0.6) is 0 Å². The molecule has 0 amide bonds. The number of rotatable bonds is 3. The normalized spacial score (nSPS) is 18.3. The SMILES string of the molecule is CN(Cc1ncc(Cl)n1C)C1CCCc2ccccc21. The summed E-state index contributed by atoms with van der Waals surface area (Å²) in [5.41, 5.74) is 2.97. The highest BCUT2D eigenvalue weighted by atomic mass is 35.5. The number of imidazole rings is 1. The van der Waals surface area contributed by atoms with Crippen LogP contribution in [0, 0.1) is 0 Å². The van der Waals surface area contributed by atoms with E-state index in [0.717, 1.165) is 12.4 Å². The molecule has 0 fully saturated rings. The maximum atomic E-state index is 6.06. The second kappa shape index (κ2) is 5.58. The molecule has 106 valence electrons. The first-order valence-corrected chi connectivity index (χ1v) is 7.48. The van der Waals surface area contributed by atoms with Gasteiger partial charge in [0.15, 0.2) is 0 Å². The Labute approximate surface area is 125 Å². The molecule has 0 radical (unpaired) electrons. The molecule has 0 bridgehead atoms. The summed E-state index contributed by atoms with van der Waals surface area (Å²) in [6.07, 6.45) is 5.40. The van der Waals surface area contributed by atoms with Crippen molar-refractivity contribution in [1.29, 1.82) is 0 Å². The highest BCUT2D eigenvalue weighted by molar-refractivity contribution is 6.29. The molecule has 1 aliphatic carbocycles. The highest BCUT2D eigenvalue weighted by Gasteiger charge is 2.24. The average Bonchev–Trinajstić information content (AvgIpc) is 2.78. The predicted octanol–water partition coefficient (Wildman–Crippen LogP) is 3.58. The van der Waals surface area contributed by atoms with Crippen molar-refractivity contribution >= 4 is 11.6 Å². The minimum absolute atomic E-state index is 0.482. The Morgan fingerprint density at radius 3 is 2.95 bits per heavy atom. The summed E-state index contributed by atoms with van der Waals surface area (Å²) in [7, 11) is 4.14. The van der Waals surface area contributed by atoms with Crippen molar-refractivity contribution < 1.29 is 0 Å². The van der Waals surface area contributed by atoms with Crippen LogP contribution < -0.4 is 0 Å². The van der Waals surface area contributed by atoms with Gasteiger partial charge in [0.05, 0.1) is 12.7 Å². The van der Waals surface area contributed by atoms with Crippen LogP contribution >= 0.6 is 11.6 Å². The lowest BCUT2D eigenvalue weighted by Crippen LogP contribution is -2.28. The second-order valence-electron chi connectivity index (χ2n) is 5.58. The molecule has 20 heavy (non-hydrogen) atoms. The number of benzene rings is 1. The zero-order chi connectivity index (χ0) is 14.1. The minimum Gasteiger partial charge on any atom is -0.321 e. The lowest BCUT2D eigenvalue weighted by Gasteiger charge is -2.33. The van der Waals surface area contributed by atoms with Gasteiger partial charge in [0.1, 0.15) is 11.0 Å². The van der Waals surface area contributed by atoms with Crippen molar-refractivity contribution in [3.8, 4) is 0 Å². The zero-order valence-corrected chi connectivity index (χ0v) is 12.8. The van der Waals surface area contributed by atoms with E-state index in [9.17, 15) is 0 Å². The van der Waals surface area contributed by atoms with E-state index in [1.54, 1.807) is 6.20 Å². The summed E-state index contributed by atoms with van der Waals surface area (Å²) < 4.78 is 1.95. The molecule has 1 heterocycles. The van der Waals surface area contributed by atoms with E-state index in [1.165, 1.54) is 30.4 Å². The summed E-state index contributed by atoms with van der Waals surface area (Å²) in [5.74, 6) is 1.01. The summed E-state index contributed by atoms with van der Waals surface area (Å²) >= 11 is 6.06. The molecular formula is C16H20ClN3. The van der Waals surface area contributed by atoms with Gasteiger partial charge in [-0.05, 0) is 37.4 Å². The van der Waals surface area contributed by atoms with Gasteiger partial charge in [0.2, 0.25) is 0 Å². The van der Waals surface area contributed by atoms with E-state index in [4.69, 9.17) is 11.6 Å². The molecule has 1 aliphatic rings. The van der Waals surface area contributed by atoms with E-state index in [-0.39, 0.29) is 0 Å². The Morgan fingerprint density at radius 2 is 2.20 bits per heavy atom. The fraction of sp³-hybridized carbons (Fsp3) is 0.438. The fourth-order valence-corrected chi connectivity index (χ4v) is 3.24. The van der Waals surface area contributed by atoms with Gasteiger partial charge >= 0.3 is 0 Å². The molecule has 1 aromatic heterocycles. The van der Waals surface area contributed by atoms with Crippen molar-refractivity contribution in [2.75, 3.05) is 7.05 Å². The predicted molar refractivity (Wildman–Crippen MR) is 81.8 cm³/mol. The standard InChI is InChI=1S/C16H20ClN3/c1-19(11-16-18-10-15(17)20(16)2)14-9-5-7-12-6-3-4-8-13(12)14/h3-4,6,8,10,14H,5,7,9,11H2,1-2H3. The minimum atomic E-state index is 0.482. The van der Waals surface area contributed by atoms with Crippen molar-refractivity contribution in [3.05, 3.63) is 52.6 Å². The molecule has 0 saturated carbocycles. The molecule has 4 heteroatoms. The Bertz CT molecular complexity index is 606. The average molecular weight is 290 g/mol. The Morgan fingerprint density at radius 1 is 1.40 bits per heavy atom. The van der Waals surface area contributed by atoms with Crippen LogP contribution in [-0.2, 0) is 20.0 Å². The van der Waals surface area contributed by atoms with Crippen LogP contribution in [-0.4, -0.2) is 21.5 Å². The lowest BCUT2D eigenvalue weighted by atomic mass is 9.87. The van der Waals surface area contributed by atoms with E-state index in [0.29, 0.717) is 11.2 Å². The fourth-order valence-electron chi connectivity index (χ4n) is 3.09. The third-order valence-corrected chi connectivity index (χ3v) is 4.64. The largest absolute Gasteiger partial charge is 0.321 e. The summed E-state index contributed by atoms with van der Waals surface area (Å²) in [4.78, 5) is 6.78. The molecule has 0 N–H and O–H groups in total. The van der Waals surface area contributed by atoms with E-state index < -0.39 is 0 Å². The summed E-state index contributed by atoms with van der Waals surface area (Å²) in [6, 6.07) is 9.28. The Kier molecular flexibility index (Phi) is 3.81. The first kappa shape index (κ1) is 13.7. The van der Waals surface area contributed by atoms with Gasteiger partial charge in [-0.25, -0.2) is 4.98 Å². The van der Waals surface area contributed by atoms with Crippen LogP contribution in [0.4, 0.5) is 0 Å². The van der Waals surface area contributed by atoms with Gasteiger partial charge in [0, 0.05) is 13.1 Å². The quantitative estimate of drug-likeness (QED) is 0.861. The molecule has 2 aromatic rings. The van der Waals surface area contributed by atoms with Gasteiger partial charge in [-0.1, -0.05) is 35.9 Å². The van der Waals surface area contributed by atoms with Gasteiger partial charge in [-0.2, -0.15) is 0 Å². The number of nitrogens with zero attached hydrogens (tertiary/aromatic N) is 3. The molecule has 3 nitrogen and oxygen atoms in total. The third kappa shape index (κ3) is 2.48. The molecule has 0 aliphatic heterocycles. The zero-order valence-electron chi connectivity index (χ0n) is 12.0. The number of halogens is 1. The van der Waals surface area contributed by atoms with Crippen molar-refractivity contribution in [2.24, 2.45) is 7.05 Å². The molecule has 0 saturated heterocycles. The molecule has 1 atom stereocenters. The molecule has 1 aromatic carbocycles. The van der Waals surface area contributed by atoms with Crippen molar-refractivity contribution in [2.45, 2.75) is 31.8 Å². The van der Waals surface area contributed by atoms with E-state index in [2.05, 4.69) is 41.2 Å². The van der Waals surface area contributed by atoms with Gasteiger partial charge in [-0.15, -0.1) is 0 Å². The van der Waals surface area contributed by atoms with Crippen LogP contribution in [0.3, 0.4) is 0 Å². The monoisotopic (exact) mass is 289 g/mol. The van der Waals surface area contributed by atoms with Crippen LogP contribution in [0.25, 0.3) is 0 Å². The first-order valence-electron chi connectivity index (χ1n) is 7.11. The number of hydrogen-bond donors (Lipinski definition) is 0. The van der Waals surface area contributed by atoms with Gasteiger partial charge in [0.25, 0.3) is 0 Å². The van der Waals surface area contributed by atoms with Crippen molar-refractivity contribution in [3.63, 3.8) is 0 Å². The highest BCUT2D eigenvalue weighted by Crippen LogP contribution is 2.34. The van der Waals surface area contributed by atoms with Gasteiger partial charge < -0.3 is 4.57 Å². The maximum absolute atomic E-state index is 6.06. The third-order valence-electron chi connectivity index (χ3n) is 4.29. The van der Waals surface area contributed by atoms with Crippen molar-refractivity contribution in [1.82, 2.24) is 14.5 Å². The van der Waals surface area contributed by atoms with Gasteiger partial charge in [-0.3, -0.25) is 4.90 Å². The van der Waals surface area contributed by atoms with Crippen LogP contribution in [0.2, 0.25) is 5.15 Å². The van der Waals surface area contributed by atoms with Crippen LogP contribution in [0.1, 0.15) is 35.8 Å². The second-order valence-corrected chi connectivity index (χ2v) is 5.97. The lowest BCUT2D eigenvalue weighted by molar-refractivity contribution is 0.206. The molecule has 0 spiro atoms. The topological polar surface area (TPSA) is 21.1 Å². The Hall–Kier alpha value is -1.32. The molecule has 3 rings (SSSR count). The molecular weight excluding hydrogens is 270 g/mol. The number of fused-ring (bicyclic) bond motifs is 1. The summed E-state index contributed by atoms with van der Waals surface area (Å²) in [5, 5.41) is 0.692. The number of hydrogen-bond acceptors (Lipinski definition) is 2. The Balaban J connectivity index is 1.81. The first-order chi connectivity index (χ1) is 9.66.